The molecule has 158 valence electrons. The lowest BCUT2D eigenvalue weighted by molar-refractivity contribution is -0.119. The molecule has 2 aromatic carbocycles. The highest BCUT2D eigenvalue weighted by Gasteiger charge is 2.10. The summed E-state index contributed by atoms with van der Waals surface area (Å²) in [6.07, 6.45) is 0. The number of guanidine groups is 1. The Bertz CT molecular complexity index is 1010. The van der Waals surface area contributed by atoms with Crippen molar-refractivity contribution < 1.29 is 13.9 Å². The van der Waals surface area contributed by atoms with Crippen molar-refractivity contribution in [2.45, 2.75) is 26.9 Å². The summed E-state index contributed by atoms with van der Waals surface area (Å²) in [5, 5.41) is 10.4. The van der Waals surface area contributed by atoms with Gasteiger partial charge in [-0.05, 0) is 37.6 Å². The number of furan rings is 1. The SMILES string of the molecule is CCNC(=NCC(=O)NCc1ccc(OC)cc1)NCc1oc2ccccc2c1C. The zero-order valence-electron chi connectivity index (χ0n) is 17.6. The number of hydrogen-bond acceptors (Lipinski definition) is 4. The molecule has 7 nitrogen and oxygen atoms in total. The number of carbonyl (C=O) groups excluding carboxylic acids is 1. The van der Waals surface area contributed by atoms with Crippen LogP contribution in [0.2, 0.25) is 0 Å². The van der Waals surface area contributed by atoms with Gasteiger partial charge in [-0.15, -0.1) is 0 Å². The van der Waals surface area contributed by atoms with Crippen molar-refractivity contribution in [1.29, 1.82) is 0 Å². The summed E-state index contributed by atoms with van der Waals surface area (Å²) in [5.74, 6) is 2.06. The second-order valence-electron chi connectivity index (χ2n) is 6.82. The first-order valence-electron chi connectivity index (χ1n) is 9.99. The summed E-state index contributed by atoms with van der Waals surface area (Å²) >= 11 is 0. The third kappa shape index (κ3) is 5.53. The van der Waals surface area contributed by atoms with Gasteiger partial charge in [0, 0.05) is 24.0 Å². The van der Waals surface area contributed by atoms with Crippen molar-refractivity contribution in [2.75, 3.05) is 20.2 Å². The third-order valence-electron chi connectivity index (χ3n) is 4.73. The van der Waals surface area contributed by atoms with E-state index >= 15 is 0 Å². The fourth-order valence-electron chi connectivity index (χ4n) is 3.05. The maximum atomic E-state index is 12.2. The predicted octanol–water partition coefficient (Wildman–Crippen LogP) is 3.12. The molecule has 1 heterocycles. The number of carbonyl (C=O) groups is 1. The molecule has 0 bridgehead atoms. The molecule has 3 aromatic rings. The lowest BCUT2D eigenvalue weighted by atomic mass is 10.1. The van der Waals surface area contributed by atoms with Gasteiger partial charge in [0.1, 0.15) is 23.6 Å². The van der Waals surface area contributed by atoms with E-state index in [0.717, 1.165) is 33.6 Å². The van der Waals surface area contributed by atoms with Crippen LogP contribution in [0.1, 0.15) is 23.8 Å². The number of fused-ring (bicyclic) bond motifs is 1. The Morgan fingerprint density at radius 1 is 1.03 bits per heavy atom. The molecule has 0 saturated heterocycles. The lowest BCUT2D eigenvalue weighted by Crippen LogP contribution is -2.38. The molecule has 1 amide bonds. The maximum absolute atomic E-state index is 12.2. The van der Waals surface area contributed by atoms with Crippen molar-refractivity contribution in [3.05, 3.63) is 65.4 Å². The van der Waals surface area contributed by atoms with Crippen LogP contribution < -0.4 is 20.7 Å². The number of para-hydroxylation sites is 1. The Labute approximate surface area is 176 Å². The number of aryl methyl sites for hydroxylation is 1. The lowest BCUT2D eigenvalue weighted by Gasteiger charge is -2.11. The minimum Gasteiger partial charge on any atom is -0.497 e. The van der Waals surface area contributed by atoms with E-state index in [9.17, 15) is 4.79 Å². The smallest absolute Gasteiger partial charge is 0.242 e. The van der Waals surface area contributed by atoms with Gasteiger partial charge in [-0.3, -0.25) is 4.79 Å². The van der Waals surface area contributed by atoms with Crippen LogP contribution in [-0.4, -0.2) is 32.1 Å². The fourth-order valence-corrected chi connectivity index (χ4v) is 3.05. The van der Waals surface area contributed by atoms with Crippen LogP contribution >= 0.6 is 0 Å². The van der Waals surface area contributed by atoms with Crippen LogP contribution in [-0.2, 0) is 17.9 Å². The molecule has 7 heteroatoms. The quantitative estimate of drug-likeness (QED) is 0.394. The van der Waals surface area contributed by atoms with Gasteiger partial charge >= 0.3 is 0 Å². The van der Waals surface area contributed by atoms with Crippen LogP contribution in [0.25, 0.3) is 11.0 Å². The summed E-state index contributed by atoms with van der Waals surface area (Å²) in [7, 11) is 1.63. The highest BCUT2D eigenvalue weighted by Crippen LogP contribution is 2.24. The van der Waals surface area contributed by atoms with Crippen LogP contribution in [0, 0.1) is 6.92 Å². The van der Waals surface area contributed by atoms with Gasteiger partial charge in [-0.1, -0.05) is 30.3 Å². The average molecular weight is 409 g/mol. The van der Waals surface area contributed by atoms with E-state index in [1.807, 2.05) is 62.4 Å². The van der Waals surface area contributed by atoms with Crippen molar-refractivity contribution in [2.24, 2.45) is 4.99 Å². The number of nitrogens with one attached hydrogen (secondary N) is 3. The zero-order valence-corrected chi connectivity index (χ0v) is 17.6. The number of amides is 1. The van der Waals surface area contributed by atoms with Crippen molar-refractivity contribution >= 4 is 22.8 Å². The fraction of sp³-hybridized carbons (Fsp3) is 0.304. The highest BCUT2D eigenvalue weighted by atomic mass is 16.5. The molecule has 1 aromatic heterocycles. The minimum absolute atomic E-state index is 0.0323. The second-order valence-corrected chi connectivity index (χ2v) is 6.82. The molecular formula is C23H28N4O3. The van der Waals surface area contributed by atoms with Crippen LogP contribution in [0.4, 0.5) is 0 Å². The van der Waals surface area contributed by atoms with Crippen molar-refractivity contribution in [3.63, 3.8) is 0 Å². The van der Waals surface area contributed by atoms with Gasteiger partial charge in [0.05, 0.1) is 13.7 Å². The number of methoxy groups -OCH3 is 1. The summed E-state index contributed by atoms with van der Waals surface area (Å²) < 4.78 is 11.1. The highest BCUT2D eigenvalue weighted by molar-refractivity contribution is 5.85. The van der Waals surface area contributed by atoms with Gasteiger partial charge in [-0.2, -0.15) is 0 Å². The number of nitrogens with zero attached hydrogens (tertiary/aromatic N) is 1. The molecule has 3 rings (SSSR count). The molecule has 0 aliphatic rings. The minimum atomic E-state index is -0.150. The molecule has 30 heavy (non-hydrogen) atoms. The Balaban J connectivity index is 1.53. The average Bonchev–Trinajstić information content (AvgIpc) is 3.10. The van der Waals surface area contributed by atoms with E-state index in [-0.39, 0.29) is 12.5 Å². The van der Waals surface area contributed by atoms with E-state index in [1.54, 1.807) is 7.11 Å². The Hall–Kier alpha value is -3.48. The topological polar surface area (TPSA) is 87.9 Å². The molecule has 0 saturated carbocycles. The molecule has 0 radical (unpaired) electrons. The van der Waals surface area contributed by atoms with Crippen LogP contribution in [0.15, 0.2) is 57.9 Å². The number of hydrogen-bond donors (Lipinski definition) is 3. The standard InChI is InChI=1S/C23H28N4O3/c1-4-24-23(26-14-21-16(2)19-7-5-6-8-20(19)30-21)27-15-22(28)25-13-17-9-11-18(29-3)12-10-17/h5-12H,4,13-15H2,1-3H3,(H,25,28)(H2,24,26,27). The number of aliphatic imine (C=N–C) groups is 1. The first-order chi connectivity index (χ1) is 14.6. The summed E-state index contributed by atoms with van der Waals surface area (Å²) in [6, 6.07) is 15.5. The second kappa shape index (κ2) is 10.3. The molecule has 3 N–H and O–H groups in total. The van der Waals surface area contributed by atoms with Crippen molar-refractivity contribution in [3.8, 4) is 5.75 Å². The predicted molar refractivity (Wildman–Crippen MR) is 119 cm³/mol. The third-order valence-corrected chi connectivity index (χ3v) is 4.73. The van der Waals surface area contributed by atoms with E-state index in [1.165, 1.54) is 0 Å². The molecule has 0 aliphatic heterocycles. The largest absolute Gasteiger partial charge is 0.497 e. The normalized spacial score (nSPS) is 11.4. The van der Waals surface area contributed by atoms with Gasteiger partial charge in [0.25, 0.3) is 0 Å². The van der Waals surface area contributed by atoms with Crippen LogP contribution in [0.3, 0.4) is 0 Å². The monoisotopic (exact) mass is 408 g/mol. The Morgan fingerprint density at radius 2 is 1.80 bits per heavy atom. The number of benzene rings is 2. The molecule has 0 unspecified atom stereocenters. The molecule has 0 fully saturated rings. The molecule has 0 spiro atoms. The van der Waals surface area contributed by atoms with E-state index in [0.29, 0.717) is 25.6 Å². The summed E-state index contributed by atoms with van der Waals surface area (Å²) in [6.45, 7) is 5.68. The van der Waals surface area contributed by atoms with Crippen LogP contribution in [0.5, 0.6) is 5.75 Å². The van der Waals surface area contributed by atoms with E-state index in [2.05, 4.69) is 20.9 Å². The van der Waals surface area contributed by atoms with Gasteiger partial charge in [-0.25, -0.2) is 4.99 Å². The maximum Gasteiger partial charge on any atom is 0.242 e. The molecular weight excluding hydrogens is 380 g/mol. The van der Waals surface area contributed by atoms with Gasteiger partial charge in [0.2, 0.25) is 5.91 Å². The Morgan fingerprint density at radius 3 is 2.50 bits per heavy atom. The summed E-state index contributed by atoms with van der Waals surface area (Å²) in [4.78, 5) is 16.5. The first kappa shape index (κ1) is 21.2. The van der Waals surface area contributed by atoms with Gasteiger partial charge < -0.3 is 25.1 Å². The van der Waals surface area contributed by atoms with Gasteiger partial charge in [0.15, 0.2) is 5.96 Å². The number of ether oxygens (including phenoxy) is 1. The zero-order chi connectivity index (χ0) is 21.3. The van der Waals surface area contributed by atoms with Crippen molar-refractivity contribution in [1.82, 2.24) is 16.0 Å². The molecule has 0 atom stereocenters. The van der Waals surface area contributed by atoms with E-state index in [4.69, 9.17) is 9.15 Å². The summed E-state index contributed by atoms with van der Waals surface area (Å²) in [5.41, 5.74) is 2.97. The Kier molecular flexibility index (Phi) is 7.32. The van der Waals surface area contributed by atoms with E-state index < -0.39 is 0 Å². The number of rotatable bonds is 8. The molecule has 0 aliphatic carbocycles. The first-order valence-corrected chi connectivity index (χ1v) is 9.99.